The number of carboxylic acids is 1. The van der Waals surface area contributed by atoms with Gasteiger partial charge in [-0.15, -0.1) is 0 Å². The van der Waals surface area contributed by atoms with Crippen molar-refractivity contribution in [3.8, 4) is 0 Å². The zero-order valence-corrected chi connectivity index (χ0v) is 12.1. The molecule has 1 aliphatic heterocycles. The van der Waals surface area contributed by atoms with Crippen LogP contribution in [-0.4, -0.2) is 39.7 Å². The Morgan fingerprint density at radius 1 is 1.52 bits per heavy atom. The molecule has 116 valence electrons. The molecule has 0 bridgehead atoms. The summed E-state index contributed by atoms with van der Waals surface area (Å²) in [6.07, 6.45) is 2.24. The van der Waals surface area contributed by atoms with E-state index in [1.165, 1.54) is 0 Å². The molecule has 0 radical (unpaired) electrons. The maximum Gasteiger partial charge on any atom is 0.326 e. The molecule has 1 fully saturated rings. The van der Waals surface area contributed by atoms with E-state index in [9.17, 15) is 9.59 Å². The van der Waals surface area contributed by atoms with Crippen LogP contribution in [0.15, 0.2) is 4.52 Å². The van der Waals surface area contributed by atoms with Gasteiger partial charge >= 0.3 is 5.97 Å². The van der Waals surface area contributed by atoms with Crippen molar-refractivity contribution in [3.63, 3.8) is 0 Å². The van der Waals surface area contributed by atoms with Gasteiger partial charge < -0.3 is 20.3 Å². The molecule has 1 aromatic heterocycles. The van der Waals surface area contributed by atoms with Crippen LogP contribution in [-0.2, 0) is 4.79 Å². The van der Waals surface area contributed by atoms with Gasteiger partial charge in [-0.1, -0.05) is 19.0 Å². The molecule has 2 rings (SSSR count). The molecule has 0 aliphatic carbocycles. The third kappa shape index (κ3) is 4.01. The van der Waals surface area contributed by atoms with E-state index in [0.29, 0.717) is 12.3 Å². The summed E-state index contributed by atoms with van der Waals surface area (Å²) in [5, 5.41) is 18.3. The molecular weight excluding hydrogens is 276 g/mol. The largest absolute Gasteiger partial charge is 0.480 e. The van der Waals surface area contributed by atoms with Crippen molar-refractivity contribution in [1.29, 1.82) is 0 Å². The molecule has 1 amide bonds. The molecule has 0 saturated carbocycles. The van der Waals surface area contributed by atoms with Crippen molar-refractivity contribution < 1.29 is 19.2 Å². The molecular formula is C13H20N4O4. The first-order valence-electron chi connectivity index (χ1n) is 7.08. The Labute approximate surface area is 122 Å². The molecule has 2 heterocycles. The average Bonchev–Trinajstić information content (AvgIpc) is 3.08. The van der Waals surface area contributed by atoms with Gasteiger partial charge in [0.2, 0.25) is 5.89 Å². The minimum absolute atomic E-state index is 0.0232. The van der Waals surface area contributed by atoms with Gasteiger partial charge in [0.15, 0.2) is 0 Å². The van der Waals surface area contributed by atoms with Crippen LogP contribution in [0.1, 0.15) is 55.7 Å². The van der Waals surface area contributed by atoms with E-state index in [-0.39, 0.29) is 17.8 Å². The second kappa shape index (κ2) is 6.66. The van der Waals surface area contributed by atoms with Crippen molar-refractivity contribution in [1.82, 2.24) is 20.8 Å². The second-order valence-electron chi connectivity index (χ2n) is 5.60. The number of rotatable bonds is 6. The summed E-state index contributed by atoms with van der Waals surface area (Å²) in [7, 11) is 0. The Kier molecular flexibility index (Phi) is 4.89. The van der Waals surface area contributed by atoms with Gasteiger partial charge in [0.05, 0.1) is 6.04 Å². The highest BCUT2D eigenvalue weighted by atomic mass is 16.5. The monoisotopic (exact) mass is 296 g/mol. The van der Waals surface area contributed by atoms with Crippen LogP contribution in [0.25, 0.3) is 0 Å². The van der Waals surface area contributed by atoms with Crippen molar-refractivity contribution >= 4 is 11.9 Å². The molecule has 3 N–H and O–H groups in total. The van der Waals surface area contributed by atoms with Crippen molar-refractivity contribution in [2.75, 3.05) is 6.54 Å². The van der Waals surface area contributed by atoms with Crippen LogP contribution in [0, 0.1) is 5.92 Å². The number of hydrogen-bond donors (Lipinski definition) is 3. The normalized spacial score (nSPS) is 19.7. The van der Waals surface area contributed by atoms with Gasteiger partial charge in [-0.05, 0) is 31.7 Å². The first-order valence-corrected chi connectivity index (χ1v) is 7.08. The van der Waals surface area contributed by atoms with Crippen molar-refractivity contribution in [2.24, 2.45) is 5.92 Å². The van der Waals surface area contributed by atoms with Gasteiger partial charge in [0, 0.05) is 0 Å². The first kappa shape index (κ1) is 15.4. The molecule has 1 aliphatic rings. The zero-order chi connectivity index (χ0) is 15.4. The van der Waals surface area contributed by atoms with Gasteiger partial charge in [-0.25, -0.2) is 4.79 Å². The van der Waals surface area contributed by atoms with Crippen LogP contribution < -0.4 is 10.6 Å². The smallest absolute Gasteiger partial charge is 0.326 e. The van der Waals surface area contributed by atoms with Crippen LogP contribution >= 0.6 is 0 Å². The van der Waals surface area contributed by atoms with Crippen molar-refractivity contribution in [3.05, 3.63) is 11.7 Å². The fourth-order valence-electron chi connectivity index (χ4n) is 2.28. The average molecular weight is 296 g/mol. The van der Waals surface area contributed by atoms with Crippen LogP contribution in [0.3, 0.4) is 0 Å². The van der Waals surface area contributed by atoms with E-state index in [1.807, 2.05) is 13.8 Å². The summed E-state index contributed by atoms with van der Waals surface area (Å²) in [5.74, 6) is -1.31. The van der Waals surface area contributed by atoms with E-state index in [2.05, 4.69) is 20.8 Å². The predicted octanol–water partition coefficient (Wildman–Crippen LogP) is 0.723. The first-order chi connectivity index (χ1) is 9.97. The number of nitrogens with one attached hydrogen (secondary N) is 2. The Morgan fingerprint density at radius 2 is 2.29 bits per heavy atom. The standard InChI is InChI=1S/C13H20N4O4/c1-7(2)6-9(13(19)20)15-11(18)10-16-12(21-17-10)8-4-3-5-14-8/h7-9,14H,3-6H2,1-2H3,(H,15,18)(H,19,20). The zero-order valence-electron chi connectivity index (χ0n) is 12.1. The van der Waals surface area contributed by atoms with E-state index < -0.39 is 17.9 Å². The number of aromatic nitrogens is 2. The third-order valence-electron chi connectivity index (χ3n) is 3.31. The SMILES string of the molecule is CC(C)CC(NC(=O)c1noc(C2CCCN2)n1)C(=O)O. The lowest BCUT2D eigenvalue weighted by molar-refractivity contribution is -0.139. The lowest BCUT2D eigenvalue weighted by Crippen LogP contribution is -2.42. The maximum absolute atomic E-state index is 12.0. The number of carbonyl (C=O) groups is 2. The van der Waals surface area contributed by atoms with Gasteiger partial charge in [0.25, 0.3) is 11.7 Å². The molecule has 1 saturated heterocycles. The summed E-state index contributed by atoms with van der Waals surface area (Å²) in [5.41, 5.74) is 0. The Hall–Kier alpha value is -1.96. The van der Waals surface area contributed by atoms with E-state index >= 15 is 0 Å². The Morgan fingerprint density at radius 3 is 2.86 bits per heavy atom. The Bertz CT molecular complexity index is 508. The second-order valence-corrected chi connectivity index (χ2v) is 5.60. The van der Waals surface area contributed by atoms with Crippen LogP contribution in [0.4, 0.5) is 0 Å². The number of hydrogen-bond acceptors (Lipinski definition) is 6. The van der Waals surface area contributed by atoms with Gasteiger partial charge in [-0.3, -0.25) is 4.79 Å². The fraction of sp³-hybridized carbons (Fsp3) is 0.692. The summed E-state index contributed by atoms with van der Waals surface area (Å²) >= 11 is 0. The minimum atomic E-state index is -1.07. The number of nitrogens with zero attached hydrogens (tertiary/aromatic N) is 2. The quantitative estimate of drug-likeness (QED) is 0.708. The van der Waals surface area contributed by atoms with E-state index in [1.54, 1.807) is 0 Å². The number of carboxylic acid groups (broad SMARTS) is 1. The highest BCUT2D eigenvalue weighted by Crippen LogP contribution is 2.21. The lowest BCUT2D eigenvalue weighted by atomic mass is 10.0. The predicted molar refractivity (Wildman–Crippen MR) is 72.6 cm³/mol. The summed E-state index contributed by atoms with van der Waals surface area (Å²) in [6, 6.07) is -0.978. The van der Waals surface area contributed by atoms with Gasteiger partial charge in [0.1, 0.15) is 6.04 Å². The summed E-state index contributed by atoms with van der Waals surface area (Å²) in [4.78, 5) is 27.2. The molecule has 1 aromatic rings. The number of carbonyl (C=O) groups excluding carboxylic acids is 1. The topological polar surface area (TPSA) is 117 Å². The summed E-state index contributed by atoms with van der Waals surface area (Å²) in [6.45, 7) is 4.66. The molecule has 21 heavy (non-hydrogen) atoms. The fourth-order valence-corrected chi connectivity index (χ4v) is 2.28. The Balaban J connectivity index is 2.00. The molecule has 8 heteroatoms. The highest BCUT2D eigenvalue weighted by Gasteiger charge is 2.27. The molecule has 8 nitrogen and oxygen atoms in total. The molecule has 0 spiro atoms. The van der Waals surface area contributed by atoms with E-state index in [4.69, 9.17) is 9.63 Å². The molecule has 2 unspecified atom stereocenters. The third-order valence-corrected chi connectivity index (χ3v) is 3.31. The van der Waals surface area contributed by atoms with Gasteiger partial charge in [-0.2, -0.15) is 4.98 Å². The molecule has 2 atom stereocenters. The number of aliphatic carboxylic acids is 1. The lowest BCUT2D eigenvalue weighted by Gasteiger charge is -2.15. The van der Waals surface area contributed by atoms with Crippen LogP contribution in [0.5, 0.6) is 0 Å². The van der Waals surface area contributed by atoms with Crippen LogP contribution in [0.2, 0.25) is 0 Å². The molecule has 0 aromatic carbocycles. The number of amides is 1. The summed E-state index contributed by atoms with van der Waals surface area (Å²) < 4.78 is 5.06. The van der Waals surface area contributed by atoms with E-state index in [0.717, 1.165) is 19.4 Å². The highest BCUT2D eigenvalue weighted by molar-refractivity contribution is 5.93. The minimum Gasteiger partial charge on any atom is -0.480 e. The maximum atomic E-state index is 12.0. The van der Waals surface area contributed by atoms with Crippen molar-refractivity contribution in [2.45, 2.75) is 45.2 Å².